The van der Waals surface area contributed by atoms with Crippen molar-refractivity contribution in [3.63, 3.8) is 0 Å². The zero-order valence-corrected chi connectivity index (χ0v) is 10.7. The summed E-state index contributed by atoms with van der Waals surface area (Å²) >= 11 is 0. The van der Waals surface area contributed by atoms with Crippen molar-refractivity contribution in [1.29, 1.82) is 5.26 Å². The van der Waals surface area contributed by atoms with Crippen LogP contribution in [0.4, 0.5) is 4.39 Å². The van der Waals surface area contributed by atoms with Crippen LogP contribution in [-0.2, 0) is 4.79 Å². The summed E-state index contributed by atoms with van der Waals surface area (Å²) in [7, 11) is 1.44. The molecule has 0 atom stereocenters. The van der Waals surface area contributed by atoms with Crippen LogP contribution in [0.15, 0.2) is 46.4 Å². The molecule has 0 aliphatic rings. The normalized spacial score (nSPS) is 10.9. The van der Waals surface area contributed by atoms with Crippen molar-refractivity contribution in [2.24, 2.45) is 0 Å². The van der Waals surface area contributed by atoms with Crippen molar-refractivity contribution in [2.45, 2.75) is 0 Å². The number of rotatable bonds is 3. The fourth-order valence-corrected chi connectivity index (χ4v) is 1.63. The zero-order chi connectivity index (χ0) is 14.5. The third-order valence-electron chi connectivity index (χ3n) is 2.63. The maximum absolute atomic E-state index is 12.8. The number of carbonyl (C=O) groups is 1. The first-order valence-electron chi connectivity index (χ1n) is 5.83. The van der Waals surface area contributed by atoms with Crippen LogP contribution < -0.4 is 5.32 Å². The molecule has 2 rings (SSSR count). The lowest BCUT2D eigenvalue weighted by molar-refractivity contribution is -0.116. The van der Waals surface area contributed by atoms with Gasteiger partial charge in [-0.2, -0.15) is 5.26 Å². The minimum atomic E-state index is -0.479. The molecule has 0 saturated carbocycles. The van der Waals surface area contributed by atoms with E-state index in [1.54, 1.807) is 30.3 Å². The van der Waals surface area contributed by atoms with E-state index in [9.17, 15) is 9.18 Å². The minimum Gasteiger partial charge on any atom is -0.457 e. The molecule has 4 nitrogen and oxygen atoms in total. The second kappa shape index (κ2) is 5.85. The van der Waals surface area contributed by atoms with Crippen molar-refractivity contribution in [3.8, 4) is 17.4 Å². The van der Waals surface area contributed by atoms with E-state index in [4.69, 9.17) is 9.68 Å². The molecule has 5 heteroatoms. The Morgan fingerprint density at radius 3 is 2.60 bits per heavy atom. The summed E-state index contributed by atoms with van der Waals surface area (Å²) in [6.45, 7) is 0. The molecule has 2 aromatic rings. The van der Waals surface area contributed by atoms with E-state index in [0.717, 1.165) is 0 Å². The first kappa shape index (κ1) is 13.6. The van der Waals surface area contributed by atoms with Gasteiger partial charge < -0.3 is 9.73 Å². The molecule has 0 aliphatic carbocycles. The number of likely N-dealkylation sites (N-methyl/N-ethyl adjacent to an activating group) is 1. The Bertz CT molecular complexity index is 693. The van der Waals surface area contributed by atoms with Crippen LogP contribution in [0.2, 0.25) is 0 Å². The number of amides is 1. The highest BCUT2D eigenvalue weighted by Crippen LogP contribution is 2.23. The summed E-state index contributed by atoms with van der Waals surface area (Å²) in [5, 5.41) is 11.2. The largest absolute Gasteiger partial charge is 0.457 e. The zero-order valence-electron chi connectivity index (χ0n) is 10.7. The summed E-state index contributed by atoms with van der Waals surface area (Å²) in [5.41, 5.74) is 0.664. The fraction of sp³-hybridized carbons (Fsp3) is 0.0667. The fourth-order valence-electron chi connectivity index (χ4n) is 1.63. The standard InChI is InChI=1S/C15H11FN2O2/c1-18-15(19)11(9-17)8-13-6-7-14(20-13)10-2-4-12(16)5-3-10/h2-8H,1H3,(H,18,19)/b11-8-. The van der Waals surface area contributed by atoms with Crippen LogP contribution in [0.3, 0.4) is 0 Å². The third-order valence-corrected chi connectivity index (χ3v) is 2.63. The Kier molecular flexibility index (Phi) is 3.96. The molecule has 0 unspecified atom stereocenters. The summed E-state index contributed by atoms with van der Waals surface area (Å²) < 4.78 is 18.3. The Morgan fingerprint density at radius 1 is 1.30 bits per heavy atom. The van der Waals surface area contributed by atoms with Crippen LogP contribution in [0.1, 0.15) is 5.76 Å². The smallest absolute Gasteiger partial charge is 0.261 e. The lowest BCUT2D eigenvalue weighted by atomic mass is 10.2. The van der Waals surface area contributed by atoms with Crippen LogP contribution in [-0.4, -0.2) is 13.0 Å². The highest BCUT2D eigenvalue weighted by atomic mass is 19.1. The molecular formula is C15H11FN2O2. The number of nitrogens with one attached hydrogen (secondary N) is 1. The van der Waals surface area contributed by atoms with E-state index in [-0.39, 0.29) is 11.4 Å². The summed E-state index contributed by atoms with van der Waals surface area (Å²) in [6.07, 6.45) is 1.35. The molecule has 1 N–H and O–H groups in total. The number of nitrogens with zero attached hydrogens (tertiary/aromatic N) is 1. The lowest BCUT2D eigenvalue weighted by Crippen LogP contribution is -2.18. The average Bonchev–Trinajstić information content (AvgIpc) is 2.93. The van der Waals surface area contributed by atoms with Gasteiger partial charge in [-0.05, 0) is 36.4 Å². The Morgan fingerprint density at radius 2 is 2.00 bits per heavy atom. The molecule has 0 saturated heterocycles. The maximum Gasteiger partial charge on any atom is 0.261 e. The van der Waals surface area contributed by atoms with Crippen LogP contribution in [0, 0.1) is 17.1 Å². The lowest BCUT2D eigenvalue weighted by Gasteiger charge is -1.97. The first-order valence-corrected chi connectivity index (χ1v) is 5.83. The van der Waals surface area contributed by atoms with E-state index in [0.29, 0.717) is 17.1 Å². The summed E-state index contributed by atoms with van der Waals surface area (Å²) in [6, 6.07) is 11.0. The Balaban J connectivity index is 2.29. The first-order chi connectivity index (χ1) is 9.63. The SMILES string of the molecule is CNC(=O)/C(C#N)=C\c1ccc(-c2ccc(F)cc2)o1. The van der Waals surface area contributed by atoms with E-state index in [1.807, 2.05) is 0 Å². The topological polar surface area (TPSA) is 66.0 Å². The molecule has 1 aromatic carbocycles. The van der Waals surface area contributed by atoms with Gasteiger partial charge in [0.1, 0.15) is 29.0 Å². The van der Waals surface area contributed by atoms with Crippen molar-refractivity contribution in [1.82, 2.24) is 5.32 Å². The number of halogens is 1. The monoisotopic (exact) mass is 270 g/mol. The minimum absolute atomic E-state index is 0.0486. The van der Waals surface area contributed by atoms with Crippen LogP contribution in [0.5, 0.6) is 0 Å². The summed E-state index contributed by atoms with van der Waals surface area (Å²) in [5.74, 6) is 0.106. The van der Waals surface area contributed by atoms with E-state index in [1.165, 1.54) is 25.3 Å². The van der Waals surface area contributed by atoms with Crippen LogP contribution >= 0.6 is 0 Å². The molecule has 20 heavy (non-hydrogen) atoms. The molecule has 0 fully saturated rings. The number of furan rings is 1. The van der Waals surface area contributed by atoms with Gasteiger partial charge in [0.25, 0.3) is 5.91 Å². The van der Waals surface area contributed by atoms with Gasteiger partial charge in [-0.3, -0.25) is 4.79 Å². The van der Waals surface area contributed by atoms with Crippen molar-refractivity contribution in [3.05, 3.63) is 53.5 Å². The highest BCUT2D eigenvalue weighted by molar-refractivity contribution is 6.01. The second-order valence-electron chi connectivity index (χ2n) is 3.96. The van der Waals surface area contributed by atoms with Crippen molar-refractivity contribution < 1.29 is 13.6 Å². The molecule has 1 heterocycles. The average molecular weight is 270 g/mol. The molecule has 100 valence electrons. The number of nitriles is 1. The Labute approximate surface area is 115 Å². The van der Waals surface area contributed by atoms with E-state index < -0.39 is 5.91 Å². The van der Waals surface area contributed by atoms with Crippen molar-refractivity contribution >= 4 is 12.0 Å². The summed E-state index contributed by atoms with van der Waals surface area (Å²) in [4.78, 5) is 11.4. The van der Waals surface area contributed by atoms with Gasteiger partial charge >= 0.3 is 0 Å². The van der Waals surface area contributed by atoms with Gasteiger partial charge in [0.15, 0.2) is 0 Å². The van der Waals surface area contributed by atoms with Crippen molar-refractivity contribution in [2.75, 3.05) is 7.05 Å². The molecule has 0 bridgehead atoms. The highest BCUT2D eigenvalue weighted by Gasteiger charge is 2.09. The molecule has 0 aliphatic heterocycles. The van der Waals surface area contributed by atoms with Gasteiger partial charge in [0.05, 0.1) is 0 Å². The van der Waals surface area contributed by atoms with Gasteiger partial charge in [0.2, 0.25) is 0 Å². The van der Waals surface area contributed by atoms with E-state index >= 15 is 0 Å². The Hall–Kier alpha value is -2.87. The number of hydrogen-bond acceptors (Lipinski definition) is 3. The molecule has 1 amide bonds. The van der Waals surface area contributed by atoms with Crippen LogP contribution in [0.25, 0.3) is 17.4 Å². The predicted molar refractivity (Wildman–Crippen MR) is 71.8 cm³/mol. The van der Waals surface area contributed by atoms with Gasteiger partial charge in [-0.25, -0.2) is 4.39 Å². The second-order valence-corrected chi connectivity index (χ2v) is 3.96. The molecule has 0 radical (unpaired) electrons. The number of hydrogen-bond donors (Lipinski definition) is 1. The number of benzene rings is 1. The molecule has 1 aromatic heterocycles. The van der Waals surface area contributed by atoms with Gasteiger partial charge in [0, 0.05) is 18.7 Å². The quantitative estimate of drug-likeness (QED) is 0.689. The van der Waals surface area contributed by atoms with Gasteiger partial charge in [-0.1, -0.05) is 0 Å². The third kappa shape index (κ3) is 2.93. The molecule has 0 spiro atoms. The predicted octanol–water partition coefficient (Wildman–Crippen LogP) is 2.74. The van der Waals surface area contributed by atoms with E-state index in [2.05, 4.69) is 5.32 Å². The molecular weight excluding hydrogens is 259 g/mol. The number of carbonyl (C=O) groups excluding carboxylic acids is 1. The van der Waals surface area contributed by atoms with Gasteiger partial charge in [-0.15, -0.1) is 0 Å². The maximum atomic E-state index is 12.8.